The van der Waals surface area contributed by atoms with Crippen LogP contribution in [0.5, 0.6) is 0 Å². The van der Waals surface area contributed by atoms with Crippen molar-refractivity contribution in [2.24, 2.45) is 5.92 Å². The molecule has 3 rings (SSSR count). The van der Waals surface area contributed by atoms with E-state index < -0.39 is 9.84 Å². The van der Waals surface area contributed by atoms with E-state index in [2.05, 4.69) is 31.2 Å². The average Bonchev–Trinajstić information content (AvgIpc) is 2.33. The van der Waals surface area contributed by atoms with Crippen LogP contribution in [-0.2, 0) is 9.84 Å². The molecular formula is C12H12BrN3O2S. The molecule has 1 aliphatic rings. The molecule has 0 radical (unpaired) electrons. The molecule has 7 heteroatoms. The molecule has 0 amide bonds. The average molecular weight is 342 g/mol. The summed E-state index contributed by atoms with van der Waals surface area (Å²) in [6.45, 7) is 0.623. The Balaban J connectivity index is 1.79. The van der Waals surface area contributed by atoms with E-state index in [0.717, 1.165) is 21.2 Å². The zero-order valence-electron chi connectivity index (χ0n) is 10.0. The number of rotatable bonds is 3. The maximum Gasteiger partial charge on any atom is 0.151 e. The van der Waals surface area contributed by atoms with Gasteiger partial charge in [0, 0.05) is 22.3 Å². The van der Waals surface area contributed by atoms with Crippen LogP contribution >= 0.6 is 15.9 Å². The van der Waals surface area contributed by atoms with E-state index in [9.17, 15) is 8.42 Å². The second-order valence-corrected chi connectivity index (χ2v) is 7.78. The van der Waals surface area contributed by atoms with Crippen molar-refractivity contribution in [2.45, 2.75) is 0 Å². The molecule has 100 valence electrons. The molecule has 0 bridgehead atoms. The molecule has 1 aliphatic heterocycles. The van der Waals surface area contributed by atoms with Crippen LogP contribution in [0.1, 0.15) is 0 Å². The van der Waals surface area contributed by atoms with Crippen molar-refractivity contribution in [3.63, 3.8) is 0 Å². The first-order chi connectivity index (χ1) is 9.03. The lowest BCUT2D eigenvalue weighted by atomic mass is 10.2. The third kappa shape index (κ3) is 2.71. The number of nitrogens with zero attached hydrogens (tertiary/aromatic N) is 2. The second kappa shape index (κ2) is 4.72. The summed E-state index contributed by atoms with van der Waals surface area (Å²) in [4.78, 5) is 8.42. The molecule has 2 aromatic rings. The van der Waals surface area contributed by atoms with Gasteiger partial charge in [-0.3, -0.25) is 0 Å². The molecule has 1 saturated heterocycles. The van der Waals surface area contributed by atoms with Gasteiger partial charge in [0.1, 0.15) is 12.1 Å². The lowest BCUT2D eigenvalue weighted by Gasteiger charge is -2.26. The SMILES string of the molecule is O=S1(=O)CC(CNc2ncnc3ccc(Br)cc23)C1. The molecule has 5 nitrogen and oxygen atoms in total. The quantitative estimate of drug-likeness (QED) is 0.922. The number of benzene rings is 1. The minimum absolute atomic E-state index is 0.183. The van der Waals surface area contributed by atoms with Crippen molar-refractivity contribution in [3.05, 3.63) is 29.0 Å². The first-order valence-corrected chi connectivity index (χ1v) is 8.49. The second-order valence-electron chi connectivity index (χ2n) is 4.71. The van der Waals surface area contributed by atoms with Crippen LogP contribution in [0.3, 0.4) is 0 Å². The Bertz CT molecular complexity index is 721. The van der Waals surface area contributed by atoms with Gasteiger partial charge in [-0.2, -0.15) is 0 Å². The van der Waals surface area contributed by atoms with Crippen molar-refractivity contribution < 1.29 is 8.42 Å². The summed E-state index contributed by atoms with van der Waals surface area (Å²) >= 11 is 3.42. The molecule has 1 N–H and O–H groups in total. The summed E-state index contributed by atoms with van der Waals surface area (Å²) in [7, 11) is -2.76. The molecule has 0 unspecified atom stereocenters. The standard InChI is InChI=1S/C12H12BrN3O2S/c13-9-1-2-11-10(3-9)12(16-7-15-11)14-4-8-5-19(17,18)6-8/h1-3,7-8H,4-6H2,(H,14,15,16). The summed E-state index contributed by atoms with van der Waals surface area (Å²) in [6.07, 6.45) is 1.51. The third-order valence-electron chi connectivity index (χ3n) is 3.13. The van der Waals surface area contributed by atoms with Gasteiger partial charge in [-0.1, -0.05) is 15.9 Å². The molecule has 0 atom stereocenters. The van der Waals surface area contributed by atoms with Gasteiger partial charge in [-0.15, -0.1) is 0 Å². The topological polar surface area (TPSA) is 72.0 Å². The molecule has 19 heavy (non-hydrogen) atoms. The van der Waals surface area contributed by atoms with Crippen LogP contribution in [0, 0.1) is 5.92 Å². The van der Waals surface area contributed by atoms with Crippen LogP contribution in [0.2, 0.25) is 0 Å². The normalized spacial score (nSPS) is 18.2. The van der Waals surface area contributed by atoms with Gasteiger partial charge < -0.3 is 5.32 Å². The largest absolute Gasteiger partial charge is 0.369 e. The lowest BCUT2D eigenvalue weighted by molar-refractivity contribution is 0.532. The maximum atomic E-state index is 11.1. The molecule has 1 aromatic heterocycles. The Morgan fingerprint density at radius 3 is 2.84 bits per heavy atom. The lowest BCUT2D eigenvalue weighted by Crippen LogP contribution is -2.40. The fraction of sp³-hybridized carbons (Fsp3) is 0.333. The van der Waals surface area contributed by atoms with Gasteiger partial charge in [-0.05, 0) is 18.2 Å². The predicted molar refractivity (Wildman–Crippen MR) is 77.9 cm³/mol. The van der Waals surface area contributed by atoms with Crippen LogP contribution in [0.25, 0.3) is 10.9 Å². The monoisotopic (exact) mass is 341 g/mol. The van der Waals surface area contributed by atoms with Gasteiger partial charge in [0.2, 0.25) is 0 Å². The zero-order valence-corrected chi connectivity index (χ0v) is 12.4. The van der Waals surface area contributed by atoms with Gasteiger partial charge in [0.25, 0.3) is 0 Å². The van der Waals surface area contributed by atoms with Crippen LogP contribution in [0.15, 0.2) is 29.0 Å². The Labute approximate surface area is 119 Å². The number of halogens is 1. The summed E-state index contributed by atoms with van der Waals surface area (Å²) in [5.74, 6) is 1.47. The van der Waals surface area contributed by atoms with Gasteiger partial charge >= 0.3 is 0 Å². The third-order valence-corrected chi connectivity index (χ3v) is 5.59. The van der Waals surface area contributed by atoms with E-state index in [1.54, 1.807) is 0 Å². The van der Waals surface area contributed by atoms with E-state index in [1.807, 2.05) is 18.2 Å². The highest BCUT2D eigenvalue weighted by Crippen LogP contribution is 2.24. The maximum absolute atomic E-state index is 11.1. The van der Waals surface area contributed by atoms with Gasteiger partial charge in [-0.25, -0.2) is 18.4 Å². The highest BCUT2D eigenvalue weighted by Gasteiger charge is 2.32. The molecular weight excluding hydrogens is 330 g/mol. The smallest absolute Gasteiger partial charge is 0.151 e. The molecule has 0 spiro atoms. The first kappa shape index (κ1) is 12.8. The summed E-state index contributed by atoms with van der Waals surface area (Å²) in [6, 6.07) is 5.80. The Morgan fingerprint density at radius 1 is 1.32 bits per heavy atom. The van der Waals surface area contributed by atoms with E-state index in [0.29, 0.717) is 6.54 Å². The van der Waals surface area contributed by atoms with Crippen LogP contribution in [0.4, 0.5) is 5.82 Å². The summed E-state index contributed by atoms with van der Waals surface area (Å²) in [5.41, 5.74) is 0.863. The van der Waals surface area contributed by atoms with Crippen molar-refractivity contribution >= 4 is 42.5 Å². The first-order valence-electron chi connectivity index (χ1n) is 5.88. The molecule has 0 aliphatic carbocycles. The van der Waals surface area contributed by atoms with E-state index >= 15 is 0 Å². The number of hydrogen-bond acceptors (Lipinski definition) is 5. The summed E-state index contributed by atoms with van der Waals surface area (Å²) in [5, 5.41) is 4.15. The number of anilines is 1. The fourth-order valence-electron chi connectivity index (χ4n) is 2.20. The van der Waals surface area contributed by atoms with E-state index in [4.69, 9.17) is 0 Å². The minimum atomic E-state index is -2.76. The zero-order chi connectivity index (χ0) is 13.5. The number of aromatic nitrogens is 2. The van der Waals surface area contributed by atoms with Crippen LogP contribution in [-0.4, -0.2) is 36.4 Å². The molecule has 0 saturated carbocycles. The minimum Gasteiger partial charge on any atom is -0.369 e. The van der Waals surface area contributed by atoms with Crippen molar-refractivity contribution in [3.8, 4) is 0 Å². The van der Waals surface area contributed by atoms with Crippen molar-refractivity contribution in [1.29, 1.82) is 0 Å². The van der Waals surface area contributed by atoms with Crippen LogP contribution < -0.4 is 5.32 Å². The van der Waals surface area contributed by atoms with E-state index in [1.165, 1.54) is 6.33 Å². The number of hydrogen-bond donors (Lipinski definition) is 1. The number of sulfone groups is 1. The van der Waals surface area contributed by atoms with Gasteiger partial charge in [0.15, 0.2) is 9.84 Å². The molecule has 1 aromatic carbocycles. The predicted octanol–water partition coefficient (Wildman–Crippen LogP) is 1.85. The molecule has 2 heterocycles. The molecule has 1 fully saturated rings. The van der Waals surface area contributed by atoms with Crippen molar-refractivity contribution in [1.82, 2.24) is 9.97 Å². The van der Waals surface area contributed by atoms with Crippen molar-refractivity contribution in [2.75, 3.05) is 23.4 Å². The Kier molecular flexibility index (Phi) is 3.18. The Morgan fingerprint density at radius 2 is 2.11 bits per heavy atom. The summed E-state index contributed by atoms with van der Waals surface area (Å²) < 4.78 is 23.2. The Hall–Kier alpha value is -1.21. The highest BCUT2D eigenvalue weighted by atomic mass is 79.9. The van der Waals surface area contributed by atoms with E-state index in [-0.39, 0.29) is 17.4 Å². The number of fused-ring (bicyclic) bond motifs is 1. The fourth-order valence-corrected chi connectivity index (χ4v) is 4.13. The number of nitrogens with one attached hydrogen (secondary N) is 1. The highest BCUT2D eigenvalue weighted by molar-refractivity contribution is 9.10. The van der Waals surface area contributed by atoms with Gasteiger partial charge in [0.05, 0.1) is 17.0 Å².